The van der Waals surface area contributed by atoms with Crippen LogP contribution in [-0.2, 0) is 0 Å². The third kappa shape index (κ3) is 2.28. The summed E-state index contributed by atoms with van der Waals surface area (Å²) in [6, 6.07) is 3.60. The van der Waals surface area contributed by atoms with Crippen molar-refractivity contribution >= 4 is 5.78 Å². The fourth-order valence-corrected chi connectivity index (χ4v) is 1.99. The smallest absolute Gasteiger partial charge is 0.182 e. The van der Waals surface area contributed by atoms with Gasteiger partial charge in [-0.05, 0) is 26.2 Å². The average molecular weight is 219 g/mol. The second kappa shape index (κ2) is 4.72. The molecule has 0 bridgehead atoms. The number of Topliss-reactive ketones (excluding diaryl/α,β-unsaturated/α-hetero) is 1. The minimum absolute atomic E-state index is 0.0389. The van der Waals surface area contributed by atoms with Gasteiger partial charge < -0.3 is 4.90 Å². The molecule has 2 rings (SSSR count). The fourth-order valence-electron chi connectivity index (χ4n) is 1.99. The van der Waals surface area contributed by atoms with Crippen LogP contribution >= 0.6 is 0 Å². The van der Waals surface area contributed by atoms with Gasteiger partial charge in [0, 0.05) is 37.6 Å². The number of piperazine rings is 1. The number of rotatable bonds is 2. The van der Waals surface area contributed by atoms with Crippen LogP contribution in [0.1, 0.15) is 10.4 Å². The van der Waals surface area contributed by atoms with Crippen LogP contribution in [0.15, 0.2) is 24.5 Å². The minimum Gasteiger partial charge on any atom is -0.303 e. The SMILES string of the molecule is CN1CCN(C)C(C(=O)c2cccnc2)C1. The molecule has 1 aliphatic heterocycles. The maximum Gasteiger partial charge on any atom is 0.182 e. The fraction of sp³-hybridized carbons (Fsp3) is 0.500. The Bertz CT molecular complexity index is 366. The molecule has 1 aromatic heterocycles. The van der Waals surface area contributed by atoms with Gasteiger partial charge in [0.1, 0.15) is 0 Å². The molecule has 2 heterocycles. The van der Waals surface area contributed by atoms with E-state index in [0.717, 1.165) is 19.6 Å². The largest absolute Gasteiger partial charge is 0.303 e. The summed E-state index contributed by atoms with van der Waals surface area (Å²) in [4.78, 5) is 20.6. The average Bonchev–Trinajstić information content (AvgIpc) is 2.32. The number of likely N-dealkylation sites (N-methyl/N-ethyl adjacent to an activating group) is 2. The van der Waals surface area contributed by atoms with Crippen LogP contribution < -0.4 is 0 Å². The summed E-state index contributed by atoms with van der Waals surface area (Å²) in [5, 5.41) is 0. The van der Waals surface area contributed by atoms with Gasteiger partial charge in [0.25, 0.3) is 0 Å². The summed E-state index contributed by atoms with van der Waals surface area (Å²) < 4.78 is 0. The zero-order valence-electron chi connectivity index (χ0n) is 9.76. The Balaban J connectivity index is 2.15. The molecule has 0 amide bonds. The van der Waals surface area contributed by atoms with E-state index in [2.05, 4.69) is 21.8 Å². The quantitative estimate of drug-likeness (QED) is 0.679. The predicted molar refractivity (Wildman–Crippen MR) is 62.5 cm³/mol. The number of hydrogen-bond donors (Lipinski definition) is 0. The number of pyridine rings is 1. The minimum atomic E-state index is -0.0389. The van der Waals surface area contributed by atoms with Gasteiger partial charge in [0.2, 0.25) is 0 Å². The van der Waals surface area contributed by atoms with Crippen molar-refractivity contribution in [3.05, 3.63) is 30.1 Å². The van der Waals surface area contributed by atoms with E-state index in [1.54, 1.807) is 18.5 Å². The Kier molecular flexibility index (Phi) is 3.31. The highest BCUT2D eigenvalue weighted by Crippen LogP contribution is 2.11. The van der Waals surface area contributed by atoms with Gasteiger partial charge in [-0.25, -0.2) is 0 Å². The lowest BCUT2D eigenvalue weighted by atomic mass is 10.0. The first-order valence-corrected chi connectivity index (χ1v) is 5.51. The first-order chi connectivity index (χ1) is 7.68. The van der Waals surface area contributed by atoms with Crippen molar-refractivity contribution < 1.29 is 4.79 Å². The Morgan fingerprint density at radius 2 is 2.25 bits per heavy atom. The molecule has 1 aliphatic rings. The Morgan fingerprint density at radius 1 is 1.44 bits per heavy atom. The normalized spacial score (nSPS) is 23.2. The lowest BCUT2D eigenvalue weighted by molar-refractivity contribution is 0.0686. The van der Waals surface area contributed by atoms with Crippen molar-refractivity contribution in [3.8, 4) is 0 Å². The van der Waals surface area contributed by atoms with Crippen LogP contribution in [-0.4, -0.2) is 60.3 Å². The van der Waals surface area contributed by atoms with Gasteiger partial charge in [-0.3, -0.25) is 14.7 Å². The van der Waals surface area contributed by atoms with Crippen molar-refractivity contribution in [2.45, 2.75) is 6.04 Å². The topological polar surface area (TPSA) is 36.4 Å². The zero-order valence-corrected chi connectivity index (χ0v) is 9.76. The number of carbonyl (C=O) groups excluding carboxylic acids is 1. The molecule has 0 radical (unpaired) electrons. The van der Waals surface area contributed by atoms with Crippen molar-refractivity contribution in [1.82, 2.24) is 14.8 Å². The third-order valence-corrected chi connectivity index (χ3v) is 3.10. The molecule has 1 atom stereocenters. The monoisotopic (exact) mass is 219 g/mol. The lowest BCUT2D eigenvalue weighted by Gasteiger charge is -2.36. The van der Waals surface area contributed by atoms with Crippen LogP contribution in [0.2, 0.25) is 0 Å². The molecule has 0 saturated carbocycles. The molecule has 1 fully saturated rings. The van der Waals surface area contributed by atoms with Crippen molar-refractivity contribution in [3.63, 3.8) is 0 Å². The molecule has 1 unspecified atom stereocenters. The number of carbonyl (C=O) groups is 1. The van der Waals surface area contributed by atoms with Crippen LogP contribution in [0.5, 0.6) is 0 Å². The van der Waals surface area contributed by atoms with E-state index < -0.39 is 0 Å². The van der Waals surface area contributed by atoms with Crippen LogP contribution in [0.4, 0.5) is 0 Å². The van der Waals surface area contributed by atoms with Crippen LogP contribution in [0, 0.1) is 0 Å². The van der Waals surface area contributed by atoms with E-state index in [4.69, 9.17) is 0 Å². The molecule has 0 spiro atoms. The van der Waals surface area contributed by atoms with Gasteiger partial charge in [0.05, 0.1) is 6.04 Å². The zero-order chi connectivity index (χ0) is 11.5. The molecule has 86 valence electrons. The number of ketones is 1. The Hall–Kier alpha value is -1.26. The first kappa shape index (κ1) is 11.2. The Labute approximate surface area is 95.9 Å². The highest BCUT2D eigenvalue weighted by Gasteiger charge is 2.28. The van der Waals surface area contributed by atoms with Gasteiger partial charge >= 0.3 is 0 Å². The second-order valence-corrected chi connectivity index (χ2v) is 4.36. The Morgan fingerprint density at radius 3 is 2.94 bits per heavy atom. The van der Waals surface area contributed by atoms with Crippen molar-refractivity contribution in [2.75, 3.05) is 33.7 Å². The van der Waals surface area contributed by atoms with E-state index in [1.807, 2.05) is 13.1 Å². The van der Waals surface area contributed by atoms with Gasteiger partial charge in [0.15, 0.2) is 5.78 Å². The standard InChI is InChI=1S/C12H17N3O/c1-14-6-7-15(2)11(9-14)12(16)10-4-3-5-13-8-10/h3-5,8,11H,6-7,9H2,1-2H3. The molecule has 0 N–H and O–H groups in total. The van der Waals surface area contributed by atoms with Crippen LogP contribution in [0.3, 0.4) is 0 Å². The van der Waals surface area contributed by atoms with Gasteiger partial charge in [-0.2, -0.15) is 0 Å². The van der Waals surface area contributed by atoms with Crippen molar-refractivity contribution in [2.24, 2.45) is 0 Å². The summed E-state index contributed by atoms with van der Waals surface area (Å²) in [7, 11) is 4.06. The van der Waals surface area contributed by atoms with E-state index in [0.29, 0.717) is 5.56 Å². The van der Waals surface area contributed by atoms with E-state index in [9.17, 15) is 4.79 Å². The summed E-state index contributed by atoms with van der Waals surface area (Å²) in [5.41, 5.74) is 0.703. The first-order valence-electron chi connectivity index (χ1n) is 5.51. The number of hydrogen-bond acceptors (Lipinski definition) is 4. The molecule has 16 heavy (non-hydrogen) atoms. The molecular weight excluding hydrogens is 202 g/mol. The lowest BCUT2D eigenvalue weighted by Crippen LogP contribution is -2.53. The molecule has 4 nitrogen and oxygen atoms in total. The van der Waals surface area contributed by atoms with E-state index in [-0.39, 0.29) is 11.8 Å². The molecular formula is C12H17N3O. The van der Waals surface area contributed by atoms with E-state index in [1.165, 1.54) is 0 Å². The molecule has 0 aliphatic carbocycles. The van der Waals surface area contributed by atoms with Crippen LogP contribution in [0.25, 0.3) is 0 Å². The molecule has 1 aromatic rings. The second-order valence-electron chi connectivity index (χ2n) is 4.36. The summed E-state index contributed by atoms with van der Waals surface area (Å²) in [5.74, 6) is 0.169. The molecule has 0 aromatic carbocycles. The summed E-state index contributed by atoms with van der Waals surface area (Å²) in [6.07, 6.45) is 3.33. The molecule has 1 saturated heterocycles. The van der Waals surface area contributed by atoms with Gasteiger partial charge in [-0.15, -0.1) is 0 Å². The molecule has 4 heteroatoms. The summed E-state index contributed by atoms with van der Waals surface area (Å²) in [6.45, 7) is 2.75. The highest BCUT2D eigenvalue weighted by molar-refractivity contribution is 6.00. The number of aromatic nitrogens is 1. The number of nitrogens with zero attached hydrogens (tertiary/aromatic N) is 3. The third-order valence-electron chi connectivity index (χ3n) is 3.10. The van der Waals surface area contributed by atoms with Crippen molar-refractivity contribution in [1.29, 1.82) is 0 Å². The predicted octanol–water partition coefficient (Wildman–Crippen LogP) is 0.510. The maximum atomic E-state index is 12.2. The maximum absolute atomic E-state index is 12.2. The van der Waals surface area contributed by atoms with E-state index >= 15 is 0 Å². The highest BCUT2D eigenvalue weighted by atomic mass is 16.1. The van der Waals surface area contributed by atoms with Gasteiger partial charge in [-0.1, -0.05) is 0 Å². The summed E-state index contributed by atoms with van der Waals surface area (Å²) >= 11 is 0.